The van der Waals surface area contributed by atoms with Gasteiger partial charge in [-0.15, -0.1) is 11.3 Å². The van der Waals surface area contributed by atoms with Crippen LogP contribution in [0.2, 0.25) is 0 Å². The van der Waals surface area contributed by atoms with Crippen molar-refractivity contribution in [2.45, 2.75) is 6.42 Å². The van der Waals surface area contributed by atoms with Gasteiger partial charge < -0.3 is 5.11 Å². The predicted molar refractivity (Wildman–Crippen MR) is 68.5 cm³/mol. The van der Waals surface area contributed by atoms with Crippen LogP contribution >= 0.6 is 11.3 Å². The fourth-order valence-electron chi connectivity index (χ4n) is 1.92. The van der Waals surface area contributed by atoms with E-state index in [0.29, 0.717) is 0 Å². The molecule has 0 aliphatic carbocycles. The molecule has 1 aromatic carbocycles. The molecule has 17 heavy (non-hydrogen) atoms. The molecule has 0 unspecified atom stereocenters. The van der Waals surface area contributed by atoms with Gasteiger partial charge in [0.25, 0.3) is 0 Å². The lowest BCUT2D eigenvalue weighted by atomic mass is 10.1. The SMILES string of the molecule is O=C(O)Cc1cnc2sc3ccccc3c2c1. The van der Waals surface area contributed by atoms with Crippen LogP contribution in [0.25, 0.3) is 20.3 Å². The zero-order valence-electron chi connectivity index (χ0n) is 8.88. The second-order valence-corrected chi connectivity index (χ2v) is 4.90. The molecule has 0 fully saturated rings. The van der Waals surface area contributed by atoms with Crippen molar-refractivity contribution >= 4 is 37.6 Å². The molecule has 0 saturated carbocycles. The third kappa shape index (κ3) is 1.76. The molecule has 0 spiro atoms. The van der Waals surface area contributed by atoms with Gasteiger partial charge in [-0.2, -0.15) is 0 Å². The molecule has 3 rings (SSSR count). The first-order chi connectivity index (χ1) is 8.24. The monoisotopic (exact) mass is 243 g/mol. The summed E-state index contributed by atoms with van der Waals surface area (Å²) in [5, 5.41) is 11.0. The van der Waals surface area contributed by atoms with Crippen molar-refractivity contribution in [1.29, 1.82) is 0 Å². The van der Waals surface area contributed by atoms with Crippen LogP contribution in [0, 0.1) is 0 Å². The quantitative estimate of drug-likeness (QED) is 0.752. The summed E-state index contributed by atoms with van der Waals surface area (Å²) in [6.07, 6.45) is 1.67. The van der Waals surface area contributed by atoms with Crippen LogP contribution in [0.5, 0.6) is 0 Å². The maximum atomic E-state index is 10.7. The van der Waals surface area contributed by atoms with Gasteiger partial charge in [-0.1, -0.05) is 18.2 Å². The molecular weight excluding hydrogens is 234 g/mol. The fourth-order valence-corrected chi connectivity index (χ4v) is 2.95. The zero-order chi connectivity index (χ0) is 11.8. The molecule has 0 radical (unpaired) electrons. The van der Waals surface area contributed by atoms with E-state index in [-0.39, 0.29) is 6.42 Å². The van der Waals surface area contributed by atoms with E-state index in [4.69, 9.17) is 5.11 Å². The number of hydrogen-bond donors (Lipinski definition) is 1. The number of pyridine rings is 1. The number of hydrogen-bond acceptors (Lipinski definition) is 3. The summed E-state index contributed by atoms with van der Waals surface area (Å²) < 4.78 is 1.18. The standard InChI is InChI=1S/C13H9NO2S/c15-12(16)6-8-5-10-9-3-1-2-4-11(9)17-13(10)14-7-8/h1-5,7H,6H2,(H,15,16). The number of thiophene rings is 1. The Labute approximate surface area is 101 Å². The van der Waals surface area contributed by atoms with Crippen molar-refractivity contribution in [1.82, 2.24) is 4.98 Å². The number of aliphatic carboxylic acids is 1. The topological polar surface area (TPSA) is 50.2 Å². The van der Waals surface area contributed by atoms with Gasteiger partial charge in [0.05, 0.1) is 6.42 Å². The Kier molecular flexibility index (Phi) is 2.30. The molecule has 0 aliphatic rings. The summed E-state index contributed by atoms with van der Waals surface area (Å²) in [4.78, 5) is 16.0. The van der Waals surface area contributed by atoms with Gasteiger partial charge in [0.1, 0.15) is 4.83 Å². The number of rotatable bonds is 2. The number of benzene rings is 1. The van der Waals surface area contributed by atoms with Gasteiger partial charge in [-0.25, -0.2) is 4.98 Å². The molecule has 84 valence electrons. The van der Waals surface area contributed by atoms with Crippen LogP contribution in [-0.4, -0.2) is 16.1 Å². The normalized spacial score (nSPS) is 11.1. The smallest absolute Gasteiger partial charge is 0.307 e. The first-order valence-corrected chi connectivity index (χ1v) is 6.03. The number of aromatic nitrogens is 1. The number of carboxylic acids is 1. The summed E-state index contributed by atoms with van der Waals surface area (Å²) in [6.45, 7) is 0. The summed E-state index contributed by atoms with van der Waals surface area (Å²) >= 11 is 1.63. The second-order valence-electron chi connectivity index (χ2n) is 3.87. The number of carbonyl (C=O) groups is 1. The van der Waals surface area contributed by atoms with E-state index < -0.39 is 5.97 Å². The van der Waals surface area contributed by atoms with E-state index in [9.17, 15) is 4.79 Å². The zero-order valence-corrected chi connectivity index (χ0v) is 9.70. The second kappa shape index (κ2) is 3.82. The van der Waals surface area contributed by atoms with Gasteiger partial charge in [0.15, 0.2) is 0 Å². The van der Waals surface area contributed by atoms with E-state index in [2.05, 4.69) is 11.1 Å². The van der Waals surface area contributed by atoms with E-state index in [1.807, 2.05) is 24.3 Å². The highest BCUT2D eigenvalue weighted by atomic mass is 32.1. The Morgan fingerprint density at radius 3 is 2.94 bits per heavy atom. The summed E-state index contributed by atoms with van der Waals surface area (Å²) in [5.41, 5.74) is 0.744. The number of carboxylic acid groups (broad SMARTS) is 1. The van der Waals surface area contributed by atoms with Gasteiger partial charge in [0, 0.05) is 21.7 Å². The molecule has 3 aromatic rings. The fraction of sp³-hybridized carbons (Fsp3) is 0.0769. The van der Waals surface area contributed by atoms with E-state index in [1.54, 1.807) is 17.5 Å². The van der Waals surface area contributed by atoms with Gasteiger partial charge in [-0.3, -0.25) is 4.79 Å². The summed E-state index contributed by atoms with van der Waals surface area (Å²) in [6, 6.07) is 10.0. The number of nitrogens with zero attached hydrogens (tertiary/aromatic N) is 1. The Morgan fingerprint density at radius 2 is 2.12 bits per heavy atom. The highest BCUT2D eigenvalue weighted by molar-refractivity contribution is 7.25. The number of fused-ring (bicyclic) bond motifs is 3. The Morgan fingerprint density at radius 1 is 1.29 bits per heavy atom. The molecule has 0 amide bonds. The average molecular weight is 243 g/mol. The minimum absolute atomic E-state index is 0.0209. The van der Waals surface area contributed by atoms with Gasteiger partial charge >= 0.3 is 5.97 Å². The highest BCUT2D eigenvalue weighted by Crippen LogP contribution is 2.32. The Bertz CT molecular complexity index is 718. The minimum atomic E-state index is -0.828. The molecule has 2 aromatic heterocycles. The first-order valence-electron chi connectivity index (χ1n) is 5.22. The van der Waals surface area contributed by atoms with Crippen molar-refractivity contribution in [2.75, 3.05) is 0 Å². The van der Waals surface area contributed by atoms with Crippen molar-refractivity contribution in [2.24, 2.45) is 0 Å². The maximum absolute atomic E-state index is 10.7. The van der Waals surface area contributed by atoms with Crippen LogP contribution in [-0.2, 0) is 11.2 Å². The molecule has 1 N–H and O–H groups in total. The van der Waals surface area contributed by atoms with Gasteiger partial charge in [-0.05, 0) is 17.7 Å². The largest absolute Gasteiger partial charge is 0.481 e. The van der Waals surface area contributed by atoms with Crippen molar-refractivity contribution in [3.8, 4) is 0 Å². The van der Waals surface area contributed by atoms with Crippen LogP contribution in [0.3, 0.4) is 0 Å². The van der Waals surface area contributed by atoms with E-state index in [1.165, 1.54) is 4.70 Å². The molecule has 0 bridgehead atoms. The van der Waals surface area contributed by atoms with Crippen molar-refractivity contribution in [3.63, 3.8) is 0 Å². The third-order valence-corrected chi connectivity index (χ3v) is 3.74. The molecule has 0 atom stereocenters. The average Bonchev–Trinajstić information content (AvgIpc) is 2.66. The first kappa shape index (κ1) is 10.2. The predicted octanol–water partition coefficient (Wildman–Crippen LogP) is 3.08. The van der Waals surface area contributed by atoms with E-state index >= 15 is 0 Å². The Hall–Kier alpha value is -1.94. The molecule has 0 aliphatic heterocycles. The van der Waals surface area contributed by atoms with Crippen LogP contribution in [0.15, 0.2) is 36.5 Å². The highest BCUT2D eigenvalue weighted by Gasteiger charge is 2.07. The molecule has 0 saturated heterocycles. The van der Waals surface area contributed by atoms with E-state index in [0.717, 1.165) is 21.2 Å². The molecule has 4 heteroatoms. The summed E-state index contributed by atoms with van der Waals surface area (Å²) in [5.74, 6) is -0.828. The van der Waals surface area contributed by atoms with Crippen molar-refractivity contribution in [3.05, 3.63) is 42.1 Å². The lowest BCUT2D eigenvalue weighted by Gasteiger charge is -1.96. The van der Waals surface area contributed by atoms with Crippen LogP contribution in [0.1, 0.15) is 5.56 Å². The lowest BCUT2D eigenvalue weighted by molar-refractivity contribution is -0.136. The van der Waals surface area contributed by atoms with Crippen molar-refractivity contribution < 1.29 is 9.90 Å². The summed E-state index contributed by atoms with van der Waals surface area (Å²) in [7, 11) is 0. The van der Waals surface area contributed by atoms with Crippen LogP contribution < -0.4 is 0 Å². The van der Waals surface area contributed by atoms with Gasteiger partial charge in [0.2, 0.25) is 0 Å². The maximum Gasteiger partial charge on any atom is 0.307 e. The van der Waals surface area contributed by atoms with Crippen LogP contribution in [0.4, 0.5) is 0 Å². The molecule has 2 heterocycles. The minimum Gasteiger partial charge on any atom is -0.481 e. The lowest BCUT2D eigenvalue weighted by Crippen LogP contribution is -1.99. The molecular formula is C13H9NO2S. The third-order valence-electron chi connectivity index (χ3n) is 2.65. The Balaban J connectivity index is 2.26. The molecule has 3 nitrogen and oxygen atoms in total.